The molecular weight excluding hydrogens is 216 g/mol. The van der Waals surface area contributed by atoms with E-state index < -0.39 is 5.54 Å². The van der Waals surface area contributed by atoms with Crippen LogP contribution in [0.1, 0.15) is 18.4 Å². The Morgan fingerprint density at radius 3 is 2.53 bits per heavy atom. The van der Waals surface area contributed by atoms with Crippen LogP contribution in [0.5, 0.6) is 0 Å². The fourth-order valence-corrected chi connectivity index (χ4v) is 2.40. The van der Waals surface area contributed by atoms with Crippen LogP contribution in [0.2, 0.25) is 0 Å². The molecule has 1 saturated carbocycles. The van der Waals surface area contributed by atoms with Crippen LogP contribution < -0.4 is 5.32 Å². The number of carbonyl (C=O) groups excluding carboxylic acids is 2. The van der Waals surface area contributed by atoms with Gasteiger partial charge in [0.1, 0.15) is 5.54 Å². The van der Waals surface area contributed by atoms with Gasteiger partial charge in [0.25, 0.3) is 0 Å². The first-order chi connectivity index (χ1) is 8.22. The maximum Gasteiger partial charge on any atom is 0.246 e. The quantitative estimate of drug-likeness (QED) is 0.812. The monoisotopic (exact) mass is 230 g/mol. The number of nitrogens with one attached hydrogen (secondary N) is 1. The number of amides is 2. The Balaban J connectivity index is 1.85. The summed E-state index contributed by atoms with van der Waals surface area (Å²) in [7, 11) is 0. The summed E-state index contributed by atoms with van der Waals surface area (Å²) < 4.78 is 0. The van der Waals surface area contributed by atoms with E-state index in [4.69, 9.17) is 0 Å². The molecule has 1 heterocycles. The van der Waals surface area contributed by atoms with E-state index >= 15 is 0 Å². The van der Waals surface area contributed by atoms with Crippen molar-refractivity contribution in [3.63, 3.8) is 0 Å². The van der Waals surface area contributed by atoms with Crippen molar-refractivity contribution in [3.8, 4) is 0 Å². The highest BCUT2D eigenvalue weighted by Crippen LogP contribution is 2.44. The van der Waals surface area contributed by atoms with Crippen molar-refractivity contribution in [2.24, 2.45) is 0 Å². The molecule has 0 bridgehead atoms. The standard InChI is InChI=1S/C13H14N2O2/c16-11-8-14-12(17)13(6-7-13)15(11)9-10-4-2-1-3-5-10/h1-5H,6-9H2,(H,14,17). The zero-order valence-electron chi connectivity index (χ0n) is 9.48. The van der Waals surface area contributed by atoms with Gasteiger partial charge in [-0.1, -0.05) is 30.3 Å². The van der Waals surface area contributed by atoms with Crippen molar-refractivity contribution in [2.45, 2.75) is 24.9 Å². The van der Waals surface area contributed by atoms with Gasteiger partial charge in [-0.3, -0.25) is 9.59 Å². The summed E-state index contributed by atoms with van der Waals surface area (Å²) in [5.41, 5.74) is 0.535. The molecule has 4 heteroatoms. The highest BCUT2D eigenvalue weighted by Gasteiger charge is 2.58. The van der Waals surface area contributed by atoms with Crippen LogP contribution in [0.25, 0.3) is 0 Å². The van der Waals surface area contributed by atoms with Crippen LogP contribution in [0.3, 0.4) is 0 Å². The first-order valence-corrected chi connectivity index (χ1v) is 5.85. The van der Waals surface area contributed by atoms with Crippen molar-refractivity contribution < 1.29 is 9.59 Å². The Labute approximate surface area is 99.6 Å². The number of nitrogens with zero attached hydrogens (tertiary/aromatic N) is 1. The number of carbonyl (C=O) groups is 2. The molecule has 0 radical (unpaired) electrons. The molecule has 1 N–H and O–H groups in total. The van der Waals surface area contributed by atoms with Gasteiger partial charge in [-0.05, 0) is 18.4 Å². The minimum absolute atomic E-state index is 0.00744. The molecule has 3 rings (SSSR count). The van der Waals surface area contributed by atoms with Crippen LogP contribution in [-0.4, -0.2) is 28.8 Å². The molecule has 4 nitrogen and oxygen atoms in total. The van der Waals surface area contributed by atoms with Gasteiger partial charge in [0.05, 0.1) is 6.54 Å². The first-order valence-electron chi connectivity index (χ1n) is 5.85. The van der Waals surface area contributed by atoms with Gasteiger partial charge >= 0.3 is 0 Å². The van der Waals surface area contributed by atoms with E-state index in [0.29, 0.717) is 6.54 Å². The van der Waals surface area contributed by atoms with Crippen LogP contribution in [0, 0.1) is 0 Å². The summed E-state index contributed by atoms with van der Waals surface area (Å²) in [5.74, 6) is 0.0268. The van der Waals surface area contributed by atoms with Gasteiger partial charge in [-0.25, -0.2) is 0 Å². The Morgan fingerprint density at radius 1 is 1.18 bits per heavy atom. The zero-order valence-corrected chi connectivity index (χ0v) is 9.48. The second-order valence-electron chi connectivity index (χ2n) is 4.68. The Morgan fingerprint density at radius 2 is 1.88 bits per heavy atom. The second kappa shape index (κ2) is 3.58. The van der Waals surface area contributed by atoms with E-state index in [1.807, 2.05) is 30.3 Å². The minimum Gasteiger partial charge on any atom is -0.345 e. The highest BCUT2D eigenvalue weighted by atomic mass is 16.2. The smallest absolute Gasteiger partial charge is 0.246 e. The van der Waals surface area contributed by atoms with Crippen molar-refractivity contribution in [1.29, 1.82) is 0 Å². The van der Waals surface area contributed by atoms with Crippen molar-refractivity contribution in [2.75, 3.05) is 6.54 Å². The molecule has 2 fully saturated rings. The molecule has 1 aromatic carbocycles. The fourth-order valence-electron chi connectivity index (χ4n) is 2.40. The molecule has 17 heavy (non-hydrogen) atoms. The van der Waals surface area contributed by atoms with E-state index in [2.05, 4.69) is 5.32 Å². The third kappa shape index (κ3) is 1.60. The van der Waals surface area contributed by atoms with E-state index in [1.54, 1.807) is 4.90 Å². The fraction of sp³-hybridized carbons (Fsp3) is 0.385. The predicted molar refractivity (Wildman–Crippen MR) is 62.0 cm³/mol. The summed E-state index contributed by atoms with van der Waals surface area (Å²) >= 11 is 0. The average Bonchev–Trinajstić information content (AvgIpc) is 3.13. The van der Waals surface area contributed by atoms with Gasteiger partial charge in [0.2, 0.25) is 11.8 Å². The molecule has 1 spiro atoms. The van der Waals surface area contributed by atoms with Crippen LogP contribution in [0.4, 0.5) is 0 Å². The number of piperazine rings is 1. The summed E-state index contributed by atoms with van der Waals surface area (Å²) in [6, 6.07) is 9.81. The van der Waals surface area contributed by atoms with Crippen LogP contribution in [-0.2, 0) is 16.1 Å². The lowest BCUT2D eigenvalue weighted by Crippen LogP contribution is -2.59. The third-order valence-corrected chi connectivity index (χ3v) is 3.55. The Kier molecular flexibility index (Phi) is 2.18. The van der Waals surface area contributed by atoms with Gasteiger partial charge in [-0.15, -0.1) is 0 Å². The normalized spacial score (nSPS) is 21.5. The topological polar surface area (TPSA) is 49.4 Å². The lowest BCUT2D eigenvalue weighted by molar-refractivity contribution is -0.148. The average molecular weight is 230 g/mol. The van der Waals surface area contributed by atoms with Gasteiger partial charge in [0.15, 0.2) is 0 Å². The molecule has 1 saturated heterocycles. The van der Waals surface area contributed by atoms with E-state index in [1.165, 1.54) is 0 Å². The molecule has 2 aliphatic rings. The predicted octanol–water partition coefficient (Wildman–Crippen LogP) is 0.678. The van der Waals surface area contributed by atoms with E-state index in [0.717, 1.165) is 18.4 Å². The van der Waals surface area contributed by atoms with E-state index in [-0.39, 0.29) is 18.4 Å². The molecule has 1 aliphatic carbocycles. The highest BCUT2D eigenvalue weighted by molar-refractivity contribution is 6.00. The maximum absolute atomic E-state index is 11.9. The summed E-state index contributed by atoms with van der Waals surface area (Å²) in [5, 5.41) is 2.67. The molecule has 1 aliphatic heterocycles. The molecule has 0 unspecified atom stereocenters. The maximum atomic E-state index is 11.9. The molecule has 2 amide bonds. The second-order valence-corrected chi connectivity index (χ2v) is 4.68. The largest absolute Gasteiger partial charge is 0.345 e. The SMILES string of the molecule is O=C1CNC(=O)C2(CC2)N1Cc1ccccc1. The summed E-state index contributed by atoms with van der Waals surface area (Å²) in [4.78, 5) is 25.5. The number of hydrogen-bond acceptors (Lipinski definition) is 2. The first kappa shape index (κ1) is 10.3. The van der Waals surface area contributed by atoms with Crippen LogP contribution in [0.15, 0.2) is 30.3 Å². The minimum atomic E-state index is -0.537. The van der Waals surface area contributed by atoms with Gasteiger partial charge in [0, 0.05) is 6.54 Å². The number of hydrogen-bond donors (Lipinski definition) is 1. The molecule has 88 valence electrons. The van der Waals surface area contributed by atoms with Gasteiger partial charge in [-0.2, -0.15) is 0 Å². The Hall–Kier alpha value is -1.84. The van der Waals surface area contributed by atoms with Crippen molar-refractivity contribution in [1.82, 2.24) is 10.2 Å². The van der Waals surface area contributed by atoms with E-state index in [9.17, 15) is 9.59 Å². The molecule has 0 aromatic heterocycles. The number of rotatable bonds is 2. The summed E-state index contributed by atoms with van der Waals surface area (Å²) in [6.07, 6.45) is 1.58. The zero-order chi connectivity index (χ0) is 11.9. The van der Waals surface area contributed by atoms with Crippen molar-refractivity contribution >= 4 is 11.8 Å². The Bertz CT molecular complexity index is 466. The molecule has 1 aromatic rings. The molecule has 0 atom stereocenters. The van der Waals surface area contributed by atoms with Crippen molar-refractivity contribution in [3.05, 3.63) is 35.9 Å². The van der Waals surface area contributed by atoms with Crippen LogP contribution >= 0.6 is 0 Å². The molecular formula is C13H14N2O2. The summed E-state index contributed by atoms with van der Waals surface area (Å²) in [6.45, 7) is 0.667. The lowest BCUT2D eigenvalue weighted by Gasteiger charge is -2.35. The lowest BCUT2D eigenvalue weighted by atomic mass is 10.1. The van der Waals surface area contributed by atoms with Gasteiger partial charge < -0.3 is 10.2 Å². The third-order valence-electron chi connectivity index (χ3n) is 3.55. The number of benzene rings is 1.